The van der Waals surface area contributed by atoms with Gasteiger partial charge in [-0.3, -0.25) is 0 Å². The van der Waals surface area contributed by atoms with Crippen LogP contribution in [-0.2, 0) is 0 Å². The molecule has 0 fully saturated rings. The smallest absolute Gasteiger partial charge is 0.323 e. The molecule has 0 aliphatic heterocycles. The van der Waals surface area contributed by atoms with E-state index in [1.807, 2.05) is 30.3 Å². The zero-order valence-corrected chi connectivity index (χ0v) is 15.0. The quantitative estimate of drug-likeness (QED) is 0.453. The molecule has 0 spiro atoms. The SMILES string of the molecule is O=C(Nc1ccc(-c2nc(-c3ccccc3)co2)cc1)Nc1cc(F)ccc1F. The first-order valence-electron chi connectivity index (χ1n) is 8.73. The van der Waals surface area contributed by atoms with Crippen molar-refractivity contribution in [1.29, 1.82) is 0 Å². The average Bonchev–Trinajstić information content (AvgIpc) is 3.22. The molecule has 3 aromatic carbocycles. The number of urea groups is 1. The summed E-state index contributed by atoms with van der Waals surface area (Å²) in [5.41, 5.74) is 2.63. The third kappa shape index (κ3) is 4.30. The number of anilines is 2. The van der Waals surface area contributed by atoms with Gasteiger partial charge in [0.1, 0.15) is 23.6 Å². The Balaban J connectivity index is 1.44. The lowest BCUT2D eigenvalue weighted by Gasteiger charge is -2.09. The molecule has 7 heteroatoms. The molecule has 0 saturated carbocycles. The molecular weight excluding hydrogens is 376 g/mol. The number of halogens is 2. The molecule has 144 valence electrons. The van der Waals surface area contributed by atoms with Gasteiger partial charge in [-0.25, -0.2) is 18.6 Å². The minimum absolute atomic E-state index is 0.243. The van der Waals surface area contributed by atoms with E-state index in [0.717, 1.165) is 35.0 Å². The summed E-state index contributed by atoms with van der Waals surface area (Å²) in [4.78, 5) is 16.5. The van der Waals surface area contributed by atoms with E-state index in [-0.39, 0.29) is 5.69 Å². The third-order valence-electron chi connectivity index (χ3n) is 4.14. The van der Waals surface area contributed by atoms with Crippen LogP contribution in [0, 0.1) is 11.6 Å². The lowest BCUT2D eigenvalue weighted by molar-refractivity contribution is 0.262. The van der Waals surface area contributed by atoms with E-state index in [1.165, 1.54) is 0 Å². The van der Waals surface area contributed by atoms with E-state index in [2.05, 4.69) is 15.6 Å². The zero-order valence-electron chi connectivity index (χ0n) is 15.0. The molecule has 4 rings (SSSR count). The summed E-state index contributed by atoms with van der Waals surface area (Å²) in [6.07, 6.45) is 1.58. The standard InChI is InChI=1S/C22H15F2N3O2/c23-16-8-11-18(24)19(12-16)27-22(28)25-17-9-6-15(7-10-17)21-26-20(13-29-21)14-4-2-1-3-5-14/h1-13H,(H2,25,27,28). The van der Waals surface area contributed by atoms with Gasteiger partial charge in [-0.1, -0.05) is 30.3 Å². The van der Waals surface area contributed by atoms with E-state index >= 15 is 0 Å². The fraction of sp³-hybridized carbons (Fsp3) is 0. The maximum absolute atomic E-state index is 13.6. The molecule has 2 amide bonds. The fourth-order valence-corrected chi connectivity index (χ4v) is 2.72. The lowest BCUT2D eigenvalue weighted by Crippen LogP contribution is -2.20. The largest absolute Gasteiger partial charge is 0.444 e. The summed E-state index contributed by atoms with van der Waals surface area (Å²) in [7, 11) is 0. The number of carbonyl (C=O) groups excluding carboxylic acids is 1. The van der Waals surface area contributed by atoms with E-state index in [0.29, 0.717) is 11.6 Å². The zero-order chi connectivity index (χ0) is 20.2. The van der Waals surface area contributed by atoms with Gasteiger partial charge in [-0.05, 0) is 36.4 Å². The van der Waals surface area contributed by atoms with Crippen LogP contribution >= 0.6 is 0 Å². The van der Waals surface area contributed by atoms with E-state index < -0.39 is 17.7 Å². The number of nitrogens with zero attached hydrogens (tertiary/aromatic N) is 1. The molecule has 4 aromatic rings. The Kier molecular flexibility index (Phi) is 5.03. The number of rotatable bonds is 4. The van der Waals surface area contributed by atoms with Crippen LogP contribution in [0.15, 0.2) is 83.5 Å². The number of oxazole rings is 1. The first kappa shape index (κ1) is 18.4. The highest BCUT2D eigenvalue weighted by Crippen LogP contribution is 2.25. The van der Waals surface area contributed by atoms with Gasteiger partial charge in [0, 0.05) is 22.9 Å². The monoisotopic (exact) mass is 391 g/mol. The van der Waals surface area contributed by atoms with Gasteiger partial charge in [-0.2, -0.15) is 0 Å². The molecule has 0 unspecified atom stereocenters. The molecule has 2 N–H and O–H groups in total. The third-order valence-corrected chi connectivity index (χ3v) is 4.14. The highest BCUT2D eigenvalue weighted by atomic mass is 19.1. The second kappa shape index (κ2) is 7.93. The Morgan fingerprint density at radius 1 is 0.862 bits per heavy atom. The van der Waals surface area contributed by atoms with Gasteiger partial charge in [0.25, 0.3) is 0 Å². The first-order valence-corrected chi connectivity index (χ1v) is 8.73. The number of aromatic nitrogens is 1. The second-order valence-corrected chi connectivity index (χ2v) is 6.18. The van der Waals surface area contributed by atoms with Gasteiger partial charge < -0.3 is 15.1 Å². The van der Waals surface area contributed by atoms with E-state index in [4.69, 9.17) is 4.42 Å². The number of benzene rings is 3. The Hall–Kier alpha value is -4.00. The van der Waals surface area contributed by atoms with Crippen molar-refractivity contribution in [3.8, 4) is 22.7 Å². The Morgan fingerprint density at radius 2 is 1.62 bits per heavy atom. The summed E-state index contributed by atoms with van der Waals surface area (Å²) in [5, 5.41) is 4.83. The Morgan fingerprint density at radius 3 is 2.38 bits per heavy atom. The molecule has 0 saturated heterocycles. The van der Waals surface area contributed by atoms with Crippen LogP contribution in [0.5, 0.6) is 0 Å². The molecule has 5 nitrogen and oxygen atoms in total. The molecule has 0 radical (unpaired) electrons. The fourth-order valence-electron chi connectivity index (χ4n) is 2.72. The van der Waals surface area contributed by atoms with Crippen LogP contribution in [0.25, 0.3) is 22.7 Å². The lowest BCUT2D eigenvalue weighted by atomic mass is 10.2. The highest BCUT2D eigenvalue weighted by molar-refractivity contribution is 5.99. The normalized spacial score (nSPS) is 10.6. The Labute approximate surface area is 165 Å². The molecule has 1 aromatic heterocycles. The van der Waals surface area contributed by atoms with E-state index in [1.54, 1.807) is 30.5 Å². The second-order valence-electron chi connectivity index (χ2n) is 6.18. The number of nitrogens with one attached hydrogen (secondary N) is 2. The van der Waals surface area contributed by atoms with Crippen molar-refractivity contribution in [3.63, 3.8) is 0 Å². The van der Waals surface area contributed by atoms with Crippen LogP contribution in [-0.4, -0.2) is 11.0 Å². The summed E-state index contributed by atoms with van der Waals surface area (Å²) in [6, 6.07) is 18.6. The number of carbonyl (C=O) groups is 1. The summed E-state index contributed by atoms with van der Waals surface area (Å²) >= 11 is 0. The minimum atomic E-state index is -0.727. The van der Waals surface area contributed by atoms with Gasteiger partial charge in [0.2, 0.25) is 5.89 Å². The van der Waals surface area contributed by atoms with Crippen LogP contribution in [0.4, 0.5) is 25.0 Å². The molecule has 0 atom stereocenters. The molecule has 1 heterocycles. The van der Waals surface area contributed by atoms with Crippen LogP contribution in [0.2, 0.25) is 0 Å². The first-order chi connectivity index (χ1) is 14.1. The van der Waals surface area contributed by atoms with Gasteiger partial charge >= 0.3 is 6.03 Å². The van der Waals surface area contributed by atoms with Crippen LogP contribution in [0.3, 0.4) is 0 Å². The minimum Gasteiger partial charge on any atom is -0.444 e. The average molecular weight is 391 g/mol. The van der Waals surface area contributed by atoms with Crippen molar-refractivity contribution in [1.82, 2.24) is 4.98 Å². The number of hydrogen-bond donors (Lipinski definition) is 2. The van der Waals surface area contributed by atoms with E-state index in [9.17, 15) is 13.6 Å². The summed E-state index contributed by atoms with van der Waals surface area (Å²) in [5.74, 6) is -0.927. The van der Waals surface area contributed by atoms with Crippen molar-refractivity contribution in [2.45, 2.75) is 0 Å². The van der Waals surface area contributed by atoms with Gasteiger partial charge in [-0.15, -0.1) is 0 Å². The molecule has 29 heavy (non-hydrogen) atoms. The Bertz CT molecular complexity index is 1140. The molecule has 0 aliphatic carbocycles. The van der Waals surface area contributed by atoms with Gasteiger partial charge in [0.15, 0.2) is 0 Å². The highest BCUT2D eigenvalue weighted by Gasteiger charge is 2.10. The van der Waals surface area contributed by atoms with Crippen LogP contribution in [0.1, 0.15) is 0 Å². The molecular formula is C22H15F2N3O2. The maximum atomic E-state index is 13.6. The van der Waals surface area contributed by atoms with Crippen LogP contribution < -0.4 is 10.6 Å². The number of amides is 2. The van der Waals surface area contributed by atoms with Crippen molar-refractivity contribution in [2.75, 3.05) is 10.6 Å². The molecule has 0 aliphatic rings. The topological polar surface area (TPSA) is 67.2 Å². The summed E-state index contributed by atoms with van der Waals surface area (Å²) < 4.78 is 32.3. The van der Waals surface area contributed by atoms with Crippen molar-refractivity contribution in [3.05, 3.63) is 90.7 Å². The van der Waals surface area contributed by atoms with Crippen molar-refractivity contribution in [2.24, 2.45) is 0 Å². The van der Waals surface area contributed by atoms with Crippen molar-refractivity contribution < 1.29 is 18.0 Å². The molecule has 0 bridgehead atoms. The van der Waals surface area contributed by atoms with Gasteiger partial charge in [0.05, 0.1) is 5.69 Å². The van der Waals surface area contributed by atoms with Crippen molar-refractivity contribution >= 4 is 17.4 Å². The predicted molar refractivity (Wildman–Crippen MR) is 106 cm³/mol. The predicted octanol–water partition coefficient (Wildman–Crippen LogP) is 5.93. The summed E-state index contributed by atoms with van der Waals surface area (Å²) in [6.45, 7) is 0. The maximum Gasteiger partial charge on any atom is 0.323 e. The number of hydrogen-bond acceptors (Lipinski definition) is 3.